The Hall–Kier alpha value is -0.410. The largest absolute Gasteiger partial charge is 0.311 e. The molecule has 0 spiro atoms. The molecule has 3 heteroatoms. The van der Waals surface area contributed by atoms with Gasteiger partial charge in [0, 0.05) is 4.88 Å². The van der Waals surface area contributed by atoms with Crippen LogP contribution in [0.2, 0.25) is 0 Å². The molecule has 0 amide bonds. The Kier molecular flexibility index (Phi) is 3.71. The molecule has 1 fully saturated rings. The standard InChI is InChI=1S/C15H24N2S/c1-10-6-8-11(9-7-10)14(16-2)15-17-12-4-3-5-13(12)18-15/h10-11,14,16H,3-9H2,1-2H3. The highest BCUT2D eigenvalue weighted by atomic mass is 32.1. The van der Waals surface area contributed by atoms with Crippen molar-refractivity contribution >= 4 is 11.3 Å². The van der Waals surface area contributed by atoms with Crippen LogP contribution in [0.3, 0.4) is 0 Å². The van der Waals surface area contributed by atoms with Crippen molar-refractivity contribution in [1.82, 2.24) is 10.3 Å². The number of aryl methyl sites for hydroxylation is 2. The van der Waals surface area contributed by atoms with Crippen molar-refractivity contribution in [3.8, 4) is 0 Å². The normalized spacial score (nSPS) is 29.2. The molecular weight excluding hydrogens is 240 g/mol. The van der Waals surface area contributed by atoms with E-state index in [-0.39, 0.29) is 0 Å². The molecule has 18 heavy (non-hydrogen) atoms. The summed E-state index contributed by atoms with van der Waals surface area (Å²) in [5.41, 5.74) is 1.40. The molecular formula is C15H24N2S. The predicted octanol–water partition coefficient (Wildman–Crippen LogP) is 3.72. The number of nitrogens with zero attached hydrogens (tertiary/aromatic N) is 1. The number of thiazole rings is 1. The van der Waals surface area contributed by atoms with Gasteiger partial charge in [0.2, 0.25) is 0 Å². The Morgan fingerprint density at radius 2 is 2.00 bits per heavy atom. The minimum atomic E-state index is 0.507. The number of nitrogens with one attached hydrogen (secondary N) is 1. The van der Waals surface area contributed by atoms with Crippen LogP contribution < -0.4 is 5.32 Å². The Morgan fingerprint density at radius 1 is 1.22 bits per heavy atom. The summed E-state index contributed by atoms with van der Waals surface area (Å²) in [4.78, 5) is 6.48. The van der Waals surface area contributed by atoms with Gasteiger partial charge in [0.1, 0.15) is 5.01 Å². The third kappa shape index (κ3) is 2.35. The third-order valence-corrected chi connectivity index (χ3v) is 5.96. The summed E-state index contributed by atoms with van der Waals surface area (Å²) in [5.74, 6) is 1.73. The zero-order chi connectivity index (χ0) is 12.5. The van der Waals surface area contributed by atoms with E-state index in [1.807, 2.05) is 11.3 Å². The van der Waals surface area contributed by atoms with Crippen molar-refractivity contribution in [3.05, 3.63) is 15.6 Å². The first-order valence-electron chi connectivity index (χ1n) is 7.43. The first-order chi connectivity index (χ1) is 8.78. The molecule has 1 aromatic heterocycles. The number of aromatic nitrogens is 1. The summed E-state index contributed by atoms with van der Waals surface area (Å²) < 4.78 is 0. The molecule has 1 N–H and O–H groups in total. The van der Waals surface area contributed by atoms with Gasteiger partial charge in [-0.2, -0.15) is 0 Å². The van der Waals surface area contributed by atoms with E-state index in [9.17, 15) is 0 Å². The van der Waals surface area contributed by atoms with Gasteiger partial charge in [0.25, 0.3) is 0 Å². The Balaban J connectivity index is 1.75. The van der Waals surface area contributed by atoms with Crippen molar-refractivity contribution in [1.29, 1.82) is 0 Å². The van der Waals surface area contributed by atoms with Gasteiger partial charge in [-0.15, -0.1) is 11.3 Å². The SMILES string of the molecule is CNC(c1nc2c(s1)CCC2)C1CCC(C)CC1. The molecule has 1 saturated carbocycles. The maximum absolute atomic E-state index is 4.91. The van der Waals surface area contributed by atoms with E-state index in [1.54, 1.807) is 4.88 Å². The second-order valence-corrected chi connectivity index (χ2v) is 7.18. The zero-order valence-electron chi connectivity index (χ0n) is 11.5. The molecule has 1 heterocycles. The van der Waals surface area contributed by atoms with Crippen LogP contribution >= 0.6 is 11.3 Å². The van der Waals surface area contributed by atoms with E-state index in [4.69, 9.17) is 4.98 Å². The Labute approximate surface area is 114 Å². The molecule has 0 bridgehead atoms. The molecule has 0 aromatic carbocycles. The molecule has 2 aliphatic carbocycles. The smallest absolute Gasteiger partial charge is 0.110 e. The summed E-state index contributed by atoms with van der Waals surface area (Å²) in [5, 5.41) is 4.90. The van der Waals surface area contributed by atoms with Crippen LogP contribution in [0.1, 0.15) is 60.6 Å². The maximum Gasteiger partial charge on any atom is 0.110 e. The fourth-order valence-electron chi connectivity index (χ4n) is 3.52. The van der Waals surface area contributed by atoms with E-state index in [0.29, 0.717) is 6.04 Å². The lowest BCUT2D eigenvalue weighted by atomic mass is 9.79. The van der Waals surface area contributed by atoms with Crippen LogP contribution in [0, 0.1) is 11.8 Å². The molecule has 100 valence electrons. The molecule has 0 radical (unpaired) electrons. The number of fused-ring (bicyclic) bond motifs is 1. The average Bonchev–Trinajstić information content (AvgIpc) is 2.93. The quantitative estimate of drug-likeness (QED) is 0.900. The first-order valence-corrected chi connectivity index (χ1v) is 8.25. The van der Waals surface area contributed by atoms with Gasteiger partial charge in [-0.3, -0.25) is 0 Å². The molecule has 0 saturated heterocycles. The number of hydrogen-bond acceptors (Lipinski definition) is 3. The minimum Gasteiger partial charge on any atom is -0.311 e. The van der Waals surface area contributed by atoms with Crippen LogP contribution in [0.4, 0.5) is 0 Å². The van der Waals surface area contributed by atoms with Gasteiger partial charge in [-0.25, -0.2) is 4.98 Å². The van der Waals surface area contributed by atoms with Crippen LogP contribution in [0.15, 0.2) is 0 Å². The lowest BCUT2D eigenvalue weighted by Crippen LogP contribution is -2.28. The van der Waals surface area contributed by atoms with E-state index in [2.05, 4.69) is 19.3 Å². The molecule has 1 unspecified atom stereocenters. The zero-order valence-corrected chi connectivity index (χ0v) is 12.4. The van der Waals surface area contributed by atoms with Gasteiger partial charge in [0.15, 0.2) is 0 Å². The van der Waals surface area contributed by atoms with Crippen LogP contribution in [0.25, 0.3) is 0 Å². The van der Waals surface area contributed by atoms with Crippen molar-refractivity contribution < 1.29 is 0 Å². The van der Waals surface area contributed by atoms with Gasteiger partial charge < -0.3 is 5.32 Å². The van der Waals surface area contributed by atoms with Crippen molar-refractivity contribution in [2.75, 3.05) is 7.05 Å². The lowest BCUT2D eigenvalue weighted by molar-refractivity contribution is 0.237. The summed E-state index contributed by atoms with van der Waals surface area (Å²) in [6.07, 6.45) is 9.34. The lowest BCUT2D eigenvalue weighted by Gasteiger charge is -2.31. The molecule has 1 aromatic rings. The monoisotopic (exact) mass is 264 g/mol. The molecule has 2 nitrogen and oxygen atoms in total. The molecule has 2 aliphatic rings. The molecule has 0 aliphatic heterocycles. The highest BCUT2D eigenvalue weighted by molar-refractivity contribution is 7.11. The maximum atomic E-state index is 4.91. The van der Waals surface area contributed by atoms with E-state index in [0.717, 1.165) is 11.8 Å². The Morgan fingerprint density at radius 3 is 2.67 bits per heavy atom. The van der Waals surface area contributed by atoms with Crippen LogP contribution in [-0.4, -0.2) is 12.0 Å². The fraction of sp³-hybridized carbons (Fsp3) is 0.800. The van der Waals surface area contributed by atoms with Crippen molar-refractivity contribution in [2.24, 2.45) is 11.8 Å². The minimum absolute atomic E-state index is 0.507. The summed E-state index contributed by atoms with van der Waals surface area (Å²) in [6, 6.07) is 0.507. The van der Waals surface area contributed by atoms with E-state index < -0.39 is 0 Å². The van der Waals surface area contributed by atoms with Crippen LogP contribution in [-0.2, 0) is 12.8 Å². The van der Waals surface area contributed by atoms with E-state index in [1.165, 1.54) is 55.6 Å². The Bertz CT molecular complexity index is 383. The second-order valence-electron chi connectivity index (χ2n) is 6.06. The molecule has 1 atom stereocenters. The fourth-order valence-corrected chi connectivity index (χ4v) is 4.88. The average molecular weight is 264 g/mol. The van der Waals surface area contributed by atoms with Crippen molar-refractivity contribution in [3.63, 3.8) is 0 Å². The summed E-state index contributed by atoms with van der Waals surface area (Å²) in [6.45, 7) is 2.39. The topological polar surface area (TPSA) is 24.9 Å². The third-order valence-electron chi connectivity index (χ3n) is 4.72. The van der Waals surface area contributed by atoms with Gasteiger partial charge in [-0.1, -0.05) is 19.8 Å². The van der Waals surface area contributed by atoms with E-state index >= 15 is 0 Å². The molecule has 3 rings (SSSR count). The van der Waals surface area contributed by atoms with Gasteiger partial charge >= 0.3 is 0 Å². The summed E-state index contributed by atoms with van der Waals surface area (Å²) >= 11 is 1.98. The first kappa shape index (κ1) is 12.6. The highest BCUT2D eigenvalue weighted by Crippen LogP contribution is 2.39. The summed E-state index contributed by atoms with van der Waals surface area (Å²) in [7, 11) is 2.11. The number of rotatable bonds is 3. The predicted molar refractivity (Wildman–Crippen MR) is 77.1 cm³/mol. The van der Waals surface area contributed by atoms with Gasteiger partial charge in [-0.05, 0) is 51.0 Å². The van der Waals surface area contributed by atoms with Gasteiger partial charge in [0.05, 0.1) is 11.7 Å². The van der Waals surface area contributed by atoms with Crippen LogP contribution in [0.5, 0.6) is 0 Å². The second kappa shape index (κ2) is 5.30. The van der Waals surface area contributed by atoms with Crippen molar-refractivity contribution in [2.45, 2.75) is 57.9 Å². The highest BCUT2D eigenvalue weighted by Gasteiger charge is 2.29. The number of hydrogen-bond donors (Lipinski definition) is 1.